The highest BCUT2D eigenvalue weighted by Crippen LogP contribution is 2.26. The molecule has 0 amide bonds. The van der Waals surface area contributed by atoms with Crippen molar-refractivity contribution in [2.24, 2.45) is 0 Å². The first-order valence-corrected chi connectivity index (χ1v) is 6.93. The maximum Gasteiger partial charge on any atom is 0.295 e. The summed E-state index contributed by atoms with van der Waals surface area (Å²) in [7, 11) is 0. The van der Waals surface area contributed by atoms with Gasteiger partial charge >= 0.3 is 0 Å². The van der Waals surface area contributed by atoms with E-state index in [0.29, 0.717) is 15.6 Å². The smallest absolute Gasteiger partial charge is 0.295 e. The normalized spacial score (nSPS) is 11.5. The number of hydrogen-bond acceptors (Lipinski definition) is 3. The summed E-state index contributed by atoms with van der Waals surface area (Å²) in [4.78, 5) is 10.1. The Morgan fingerprint density at radius 3 is 2.59 bits per heavy atom. The maximum atomic E-state index is 12.8. The molecule has 0 saturated carbocycles. The summed E-state index contributed by atoms with van der Waals surface area (Å²) in [5.74, 6) is -0.504. The number of nitrogens with zero attached hydrogens (tertiary/aromatic N) is 3. The van der Waals surface area contributed by atoms with Crippen LogP contribution in [0.4, 0.5) is 8.78 Å². The van der Waals surface area contributed by atoms with E-state index in [9.17, 15) is 8.78 Å². The number of hydrogen-bond donors (Lipinski definition) is 2. The molecule has 0 spiro atoms. The van der Waals surface area contributed by atoms with Gasteiger partial charge in [0.2, 0.25) is 0 Å². The molecule has 0 aliphatic carbocycles. The van der Waals surface area contributed by atoms with Gasteiger partial charge in [0.1, 0.15) is 5.52 Å². The summed E-state index contributed by atoms with van der Waals surface area (Å²) in [5.41, 5.74) is 0.807. The fourth-order valence-electron chi connectivity index (χ4n) is 2.07. The first-order valence-electron chi connectivity index (χ1n) is 6.18. The Labute approximate surface area is 133 Å². The fourth-order valence-corrected chi connectivity index (χ4v) is 2.59. The van der Waals surface area contributed by atoms with Gasteiger partial charge in [-0.25, -0.2) is 18.7 Å². The zero-order chi connectivity index (χ0) is 15.9. The molecular formula is C13H9Cl2F2N5. The lowest BCUT2D eigenvalue weighted by atomic mass is 10.2. The summed E-state index contributed by atoms with van der Waals surface area (Å²) >= 11 is 12.2. The van der Waals surface area contributed by atoms with Crippen molar-refractivity contribution in [2.45, 2.75) is 13.0 Å². The Balaban J connectivity index is 2.15. The third kappa shape index (κ3) is 2.57. The van der Waals surface area contributed by atoms with Gasteiger partial charge in [0, 0.05) is 15.6 Å². The number of aromatic amines is 1. The third-order valence-corrected chi connectivity index (χ3v) is 3.84. The number of imidazole rings is 1. The van der Waals surface area contributed by atoms with Gasteiger partial charge in [-0.2, -0.15) is 0 Å². The molecule has 0 bridgehead atoms. The second-order valence-electron chi connectivity index (χ2n) is 4.54. The largest absolute Gasteiger partial charge is 0.333 e. The molecule has 0 unspecified atom stereocenters. The highest BCUT2D eigenvalue weighted by atomic mass is 35.5. The molecule has 0 aliphatic rings. The SMILES string of the molecule is N=c1ncn(Cc2c(Cl)cccc2Cl)c2nc(C(F)F)[nH]c12. The van der Waals surface area contributed by atoms with Gasteiger partial charge in [0.05, 0.1) is 12.9 Å². The van der Waals surface area contributed by atoms with E-state index >= 15 is 0 Å². The molecule has 0 atom stereocenters. The topological polar surface area (TPSA) is 70.3 Å². The molecule has 2 N–H and O–H groups in total. The van der Waals surface area contributed by atoms with Crippen molar-refractivity contribution < 1.29 is 8.78 Å². The number of nitrogens with one attached hydrogen (secondary N) is 2. The lowest BCUT2D eigenvalue weighted by Crippen LogP contribution is -2.13. The van der Waals surface area contributed by atoms with Crippen molar-refractivity contribution >= 4 is 34.4 Å². The van der Waals surface area contributed by atoms with Crippen molar-refractivity contribution in [3.05, 3.63) is 51.4 Å². The molecule has 22 heavy (non-hydrogen) atoms. The summed E-state index contributed by atoms with van der Waals surface area (Å²) in [6, 6.07) is 5.08. The summed E-state index contributed by atoms with van der Waals surface area (Å²) in [5, 5.41) is 8.59. The monoisotopic (exact) mass is 343 g/mol. The van der Waals surface area contributed by atoms with Crippen LogP contribution in [0, 0.1) is 5.41 Å². The number of H-pyrrole nitrogens is 1. The quantitative estimate of drug-likeness (QED) is 0.763. The van der Waals surface area contributed by atoms with Crippen LogP contribution >= 0.6 is 23.2 Å². The number of alkyl halides is 2. The van der Waals surface area contributed by atoms with E-state index < -0.39 is 12.2 Å². The Morgan fingerprint density at radius 1 is 1.27 bits per heavy atom. The number of aromatic nitrogens is 4. The van der Waals surface area contributed by atoms with E-state index in [4.69, 9.17) is 28.6 Å². The van der Waals surface area contributed by atoms with E-state index in [2.05, 4.69) is 15.0 Å². The molecule has 1 aromatic carbocycles. The predicted octanol–water partition coefficient (Wildman–Crippen LogP) is 3.53. The molecule has 0 radical (unpaired) electrons. The van der Waals surface area contributed by atoms with Gasteiger partial charge in [-0.05, 0) is 12.1 Å². The number of benzene rings is 1. The summed E-state index contributed by atoms with van der Waals surface area (Å²) < 4.78 is 27.1. The molecule has 2 aromatic heterocycles. The zero-order valence-corrected chi connectivity index (χ0v) is 12.5. The van der Waals surface area contributed by atoms with E-state index in [-0.39, 0.29) is 23.2 Å². The van der Waals surface area contributed by atoms with Crippen LogP contribution in [0.2, 0.25) is 10.0 Å². The van der Waals surface area contributed by atoms with E-state index in [1.165, 1.54) is 10.9 Å². The first kappa shape index (κ1) is 14.9. The van der Waals surface area contributed by atoms with Gasteiger partial charge in [-0.1, -0.05) is 29.3 Å². The molecule has 3 aromatic rings. The second kappa shape index (κ2) is 5.66. The fraction of sp³-hybridized carbons (Fsp3) is 0.154. The van der Waals surface area contributed by atoms with Crippen LogP contribution in [0.25, 0.3) is 11.2 Å². The van der Waals surface area contributed by atoms with Crippen LogP contribution in [-0.2, 0) is 6.54 Å². The van der Waals surface area contributed by atoms with Crippen molar-refractivity contribution in [3.8, 4) is 0 Å². The minimum absolute atomic E-state index is 0.140. The first-order chi connectivity index (χ1) is 10.5. The highest BCUT2D eigenvalue weighted by molar-refractivity contribution is 6.35. The maximum absolute atomic E-state index is 12.8. The summed E-state index contributed by atoms with van der Waals surface area (Å²) in [6.45, 7) is 0.204. The molecule has 0 fully saturated rings. The van der Waals surface area contributed by atoms with Crippen LogP contribution in [0.15, 0.2) is 24.5 Å². The van der Waals surface area contributed by atoms with Crippen LogP contribution in [0.1, 0.15) is 17.8 Å². The van der Waals surface area contributed by atoms with Crippen molar-refractivity contribution in [1.29, 1.82) is 5.41 Å². The van der Waals surface area contributed by atoms with E-state index in [1.807, 2.05) is 0 Å². The van der Waals surface area contributed by atoms with Crippen molar-refractivity contribution in [1.82, 2.24) is 19.5 Å². The molecule has 114 valence electrons. The van der Waals surface area contributed by atoms with E-state index in [1.54, 1.807) is 18.2 Å². The molecule has 9 heteroatoms. The Morgan fingerprint density at radius 2 is 1.95 bits per heavy atom. The lowest BCUT2D eigenvalue weighted by molar-refractivity contribution is 0.142. The van der Waals surface area contributed by atoms with Crippen molar-refractivity contribution in [2.75, 3.05) is 0 Å². The average molecular weight is 344 g/mol. The molecule has 5 nitrogen and oxygen atoms in total. The zero-order valence-electron chi connectivity index (χ0n) is 10.9. The predicted molar refractivity (Wildman–Crippen MR) is 78.3 cm³/mol. The van der Waals surface area contributed by atoms with Crippen LogP contribution in [0.3, 0.4) is 0 Å². The van der Waals surface area contributed by atoms with Crippen LogP contribution in [-0.4, -0.2) is 19.5 Å². The minimum Gasteiger partial charge on any atom is -0.333 e. The minimum atomic E-state index is -2.76. The number of fused-ring (bicyclic) bond motifs is 1. The third-order valence-electron chi connectivity index (χ3n) is 3.13. The molecule has 3 rings (SSSR count). The van der Waals surface area contributed by atoms with Crippen molar-refractivity contribution in [3.63, 3.8) is 0 Å². The standard InChI is InChI=1S/C13H9Cl2F2N5/c14-7-2-1-3-8(15)6(7)4-22-5-19-11(18)9-13(22)21-12(20-9)10(16)17/h1-3,5,10,18H,4H2,(H,20,21). The van der Waals surface area contributed by atoms with Crippen LogP contribution in [0.5, 0.6) is 0 Å². The number of rotatable bonds is 3. The van der Waals surface area contributed by atoms with Gasteiger partial charge in [0.15, 0.2) is 17.0 Å². The van der Waals surface area contributed by atoms with Gasteiger partial charge < -0.3 is 9.55 Å². The molecule has 2 heterocycles. The average Bonchev–Trinajstić information content (AvgIpc) is 2.92. The molecular weight excluding hydrogens is 335 g/mol. The van der Waals surface area contributed by atoms with E-state index in [0.717, 1.165) is 0 Å². The highest BCUT2D eigenvalue weighted by Gasteiger charge is 2.16. The number of halogens is 4. The molecule has 0 saturated heterocycles. The second-order valence-corrected chi connectivity index (χ2v) is 5.36. The van der Waals surface area contributed by atoms with Gasteiger partial charge in [-0.3, -0.25) is 5.41 Å². The van der Waals surface area contributed by atoms with Gasteiger partial charge in [-0.15, -0.1) is 0 Å². The summed E-state index contributed by atoms with van der Waals surface area (Å²) in [6.07, 6.45) is -1.41. The Kier molecular flexibility index (Phi) is 3.84. The Hall–Kier alpha value is -1.99. The van der Waals surface area contributed by atoms with Crippen LogP contribution < -0.4 is 5.49 Å². The lowest BCUT2D eigenvalue weighted by Gasteiger charge is -2.10. The van der Waals surface area contributed by atoms with Gasteiger partial charge in [0.25, 0.3) is 6.43 Å². The Bertz CT molecular complexity index is 883. The molecule has 0 aliphatic heterocycles.